The van der Waals surface area contributed by atoms with Crippen molar-refractivity contribution in [3.63, 3.8) is 0 Å². The number of hydroxylamine groups is 1. The van der Waals surface area contributed by atoms with E-state index in [9.17, 15) is 15.2 Å². The van der Waals surface area contributed by atoms with Crippen LogP contribution in [-0.4, -0.2) is 74.1 Å². The van der Waals surface area contributed by atoms with Crippen molar-refractivity contribution >= 4 is 0 Å². The fourth-order valence-electron chi connectivity index (χ4n) is 3.33. The first kappa shape index (κ1) is 20.5. The van der Waals surface area contributed by atoms with Crippen LogP contribution in [0.5, 0.6) is 11.5 Å². The standard InChI is InChI=1S/C18H23N3O9/c22-11(5-19-6-12-8-25-14-3-1-2-4-15(14)29-12)7-28-20-13-9-26-18-16(30-21(23)24)10-27-17(13)18/h1-4,11-12,16,18-20,22H,5-10H2. The van der Waals surface area contributed by atoms with E-state index in [1.807, 2.05) is 24.3 Å². The summed E-state index contributed by atoms with van der Waals surface area (Å²) in [6.45, 7) is 1.41. The number of aliphatic hydroxyl groups excluding tert-OH is 1. The van der Waals surface area contributed by atoms with E-state index < -0.39 is 23.4 Å². The van der Waals surface area contributed by atoms with Gasteiger partial charge in [0.05, 0.1) is 12.7 Å². The predicted octanol–water partition coefficient (Wildman–Crippen LogP) is -0.484. The molecule has 0 saturated carbocycles. The highest BCUT2D eigenvalue weighted by atomic mass is 17.0. The summed E-state index contributed by atoms with van der Waals surface area (Å²) in [6, 6.07) is 7.47. The van der Waals surface area contributed by atoms with Crippen LogP contribution in [-0.2, 0) is 19.1 Å². The van der Waals surface area contributed by atoms with Crippen LogP contribution in [0.25, 0.3) is 0 Å². The van der Waals surface area contributed by atoms with Gasteiger partial charge in [0, 0.05) is 13.1 Å². The highest BCUT2D eigenvalue weighted by molar-refractivity contribution is 5.40. The quantitative estimate of drug-likeness (QED) is 0.330. The van der Waals surface area contributed by atoms with Crippen molar-refractivity contribution in [2.24, 2.45) is 0 Å². The average molecular weight is 425 g/mol. The second kappa shape index (κ2) is 9.34. The molecule has 4 rings (SSSR count). The Kier molecular flexibility index (Phi) is 6.38. The third-order valence-electron chi connectivity index (χ3n) is 4.72. The zero-order chi connectivity index (χ0) is 20.9. The molecule has 30 heavy (non-hydrogen) atoms. The van der Waals surface area contributed by atoms with E-state index >= 15 is 0 Å². The molecule has 0 spiro atoms. The summed E-state index contributed by atoms with van der Waals surface area (Å²) in [6.07, 6.45) is -2.37. The number of ether oxygens (including phenoxy) is 4. The molecule has 3 aliphatic rings. The minimum Gasteiger partial charge on any atom is -0.491 e. The monoisotopic (exact) mass is 425 g/mol. The van der Waals surface area contributed by atoms with E-state index in [0.29, 0.717) is 36.9 Å². The van der Waals surface area contributed by atoms with E-state index in [0.717, 1.165) is 5.75 Å². The predicted molar refractivity (Wildman–Crippen MR) is 98.9 cm³/mol. The van der Waals surface area contributed by atoms with E-state index in [-0.39, 0.29) is 25.9 Å². The lowest BCUT2D eigenvalue weighted by Crippen LogP contribution is -2.42. The lowest BCUT2D eigenvalue weighted by Gasteiger charge is -2.26. The second-order valence-corrected chi connectivity index (χ2v) is 6.98. The van der Waals surface area contributed by atoms with Crippen molar-refractivity contribution in [1.82, 2.24) is 10.8 Å². The fourth-order valence-corrected chi connectivity index (χ4v) is 3.33. The molecule has 1 fully saturated rings. The number of rotatable bonds is 10. The van der Waals surface area contributed by atoms with Crippen LogP contribution in [0, 0.1) is 10.1 Å². The van der Waals surface area contributed by atoms with Gasteiger partial charge in [-0.15, -0.1) is 10.1 Å². The number of aliphatic hydroxyl groups is 1. The molecular weight excluding hydrogens is 402 g/mol. The molecule has 3 heterocycles. The van der Waals surface area contributed by atoms with Gasteiger partial charge in [0.25, 0.3) is 5.09 Å². The highest BCUT2D eigenvalue weighted by Crippen LogP contribution is 2.31. The molecule has 0 radical (unpaired) electrons. The van der Waals surface area contributed by atoms with Gasteiger partial charge in [-0.2, -0.15) is 0 Å². The Morgan fingerprint density at radius 1 is 1.27 bits per heavy atom. The van der Waals surface area contributed by atoms with Gasteiger partial charge >= 0.3 is 0 Å². The zero-order valence-electron chi connectivity index (χ0n) is 16.0. The van der Waals surface area contributed by atoms with E-state index in [4.69, 9.17) is 23.8 Å². The second-order valence-electron chi connectivity index (χ2n) is 6.98. The van der Waals surface area contributed by atoms with Crippen LogP contribution in [0.15, 0.2) is 35.7 Å². The maximum atomic E-state index is 10.5. The van der Waals surface area contributed by atoms with Crippen LogP contribution < -0.4 is 20.3 Å². The summed E-state index contributed by atoms with van der Waals surface area (Å²) in [5, 5.41) is 22.8. The molecule has 4 atom stereocenters. The summed E-state index contributed by atoms with van der Waals surface area (Å²) < 4.78 is 22.3. The van der Waals surface area contributed by atoms with Gasteiger partial charge in [-0.05, 0) is 12.1 Å². The topological polar surface area (TPSA) is 143 Å². The van der Waals surface area contributed by atoms with Crippen molar-refractivity contribution < 1.29 is 38.8 Å². The highest BCUT2D eigenvalue weighted by Gasteiger charge is 2.43. The molecule has 3 aliphatic heterocycles. The minimum absolute atomic E-state index is 0.00807. The van der Waals surface area contributed by atoms with E-state index in [1.165, 1.54) is 0 Å². The molecule has 12 nitrogen and oxygen atoms in total. The van der Waals surface area contributed by atoms with Crippen molar-refractivity contribution in [2.75, 3.05) is 39.5 Å². The van der Waals surface area contributed by atoms with Gasteiger partial charge in [0.2, 0.25) is 0 Å². The molecule has 0 aromatic heterocycles. The lowest BCUT2D eigenvalue weighted by molar-refractivity contribution is -0.769. The average Bonchev–Trinajstić information content (AvgIpc) is 3.31. The summed E-state index contributed by atoms with van der Waals surface area (Å²) in [5.41, 5.74) is 3.20. The smallest absolute Gasteiger partial charge is 0.295 e. The van der Waals surface area contributed by atoms with Crippen LogP contribution in [0.2, 0.25) is 0 Å². The Hall–Kier alpha value is -2.80. The third kappa shape index (κ3) is 4.84. The summed E-state index contributed by atoms with van der Waals surface area (Å²) in [5.74, 6) is 1.85. The van der Waals surface area contributed by atoms with Gasteiger partial charge in [0.1, 0.15) is 37.7 Å². The van der Waals surface area contributed by atoms with E-state index in [2.05, 4.69) is 15.6 Å². The summed E-state index contributed by atoms with van der Waals surface area (Å²) in [4.78, 5) is 20.3. The van der Waals surface area contributed by atoms with Gasteiger partial charge < -0.3 is 34.2 Å². The van der Waals surface area contributed by atoms with Crippen molar-refractivity contribution in [1.29, 1.82) is 0 Å². The number of benzene rings is 1. The van der Waals surface area contributed by atoms with Crippen molar-refractivity contribution in [3.05, 3.63) is 45.8 Å². The number of hydrogen-bond acceptors (Lipinski definition) is 11. The van der Waals surface area contributed by atoms with E-state index in [1.54, 1.807) is 0 Å². The molecule has 0 bridgehead atoms. The largest absolute Gasteiger partial charge is 0.491 e. The van der Waals surface area contributed by atoms with Crippen molar-refractivity contribution in [3.8, 4) is 11.5 Å². The molecule has 0 amide bonds. The lowest BCUT2D eigenvalue weighted by atomic mass is 10.2. The third-order valence-corrected chi connectivity index (χ3v) is 4.72. The number of fused-ring (bicyclic) bond motifs is 2. The Labute approximate surface area is 171 Å². The minimum atomic E-state index is -0.866. The first-order valence-corrected chi connectivity index (χ1v) is 9.54. The molecule has 1 aromatic carbocycles. The zero-order valence-corrected chi connectivity index (χ0v) is 16.0. The Morgan fingerprint density at radius 2 is 2.10 bits per heavy atom. The Balaban J connectivity index is 1.13. The number of hydrogen-bond donors (Lipinski definition) is 3. The Bertz CT molecular complexity index is 790. The number of nitrogens with zero attached hydrogens (tertiary/aromatic N) is 1. The SMILES string of the molecule is O=[N+]([O-])OC1COC2=C(NOCC(O)CNCC3COc4ccccc4O3)COC21. The van der Waals surface area contributed by atoms with Crippen LogP contribution in [0.1, 0.15) is 0 Å². The summed E-state index contributed by atoms with van der Waals surface area (Å²) in [7, 11) is 0. The Morgan fingerprint density at radius 3 is 2.93 bits per heavy atom. The first-order valence-electron chi connectivity index (χ1n) is 9.54. The molecule has 3 N–H and O–H groups in total. The van der Waals surface area contributed by atoms with Crippen LogP contribution in [0.4, 0.5) is 0 Å². The maximum Gasteiger partial charge on any atom is 0.295 e. The summed E-state index contributed by atoms with van der Waals surface area (Å²) >= 11 is 0. The molecule has 0 aliphatic carbocycles. The van der Waals surface area contributed by atoms with Crippen molar-refractivity contribution in [2.45, 2.75) is 24.4 Å². The number of para-hydroxylation sites is 2. The maximum absolute atomic E-state index is 10.5. The first-order chi connectivity index (χ1) is 14.6. The van der Waals surface area contributed by atoms with Gasteiger partial charge in [-0.3, -0.25) is 10.3 Å². The van der Waals surface area contributed by atoms with Gasteiger partial charge in [0.15, 0.2) is 23.4 Å². The van der Waals surface area contributed by atoms with Gasteiger partial charge in [-0.1, -0.05) is 12.1 Å². The number of nitrogens with one attached hydrogen (secondary N) is 2. The molecule has 1 aromatic rings. The van der Waals surface area contributed by atoms with Crippen LogP contribution >= 0.6 is 0 Å². The van der Waals surface area contributed by atoms with Gasteiger partial charge in [-0.25, -0.2) is 0 Å². The van der Waals surface area contributed by atoms with Crippen LogP contribution in [0.3, 0.4) is 0 Å². The normalized spacial score (nSPS) is 25.4. The molecule has 1 saturated heterocycles. The molecule has 4 unspecified atom stereocenters. The molecule has 164 valence electrons. The fraction of sp³-hybridized carbons (Fsp3) is 0.556. The molecule has 12 heteroatoms. The molecular formula is C18H23N3O9.